The number of hydrogen-bond acceptors (Lipinski definition) is 6. The minimum atomic E-state index is -0.719. The maximum absolute atomic E-state index is 14.4. The Morgan fingerprint density at radius 1 is 1.27 bits per heavy atom. The van der Waals surface area contributed by atoms with Crippen molar-refractivity contribution >= 4 is 11.6 Å². The summed E-state index contributed by atoms with van der Waals surface area (Å²) in [5.41, 5.74) is 3.71. The second-order valence-electron chi connectivity index (χ2n) is 6.69. The summed E-state index contributed by atoms with van der Waals surface area (Å²) in [5, 5.41) is 10.8. The van der Waals surface area contributed by atoms with Crippen LogP contribution in [0.2, 0.25) is 0 Å². The number of rotatable bonds is 11. The summed E-state index contributed by atoms with van der Waals surface area (Å²) in [7, 11) is 1.75. The van der Waals surface area contributed by atoms with Crippen LogP contribution in [0.25, 0.3) is 0 Å². The molecular formula is C22H28FN5O2. The Bertz CT molecular complexity index is 843. The van der Waals surface area contributed by atoms with Crippen molar-refractivity contribution in [3.05, 3.63) is 60.2 Å². The van der Waals surface area contributed by atoms with Gasteiger partial charge < -0.3 is 4.74 Å². The van der Waals surface area contributed by atoms with E-state index in [1.54, 1.807) is 48.5 Å². The molecular weight excluding hydrogens is 385 g/mol. The van der Waals surface area contributed by atoms with Crippen molar-refractivity contribution in [1.29, 1.82) is 5.26 Å². The first kappa shape index (κ1) is 23.4. The summed E-state index contributed by atoms with van der Waals surface area (Å²) in [4.78, 5) is 19.4. The van der Waals surface area contributed by atoms with E-state index < -0.39 is 17.8 Å². The van der Waals surface area contributed by atoms with E-state index in [-0.39, 0.29) is 24.7 Å². The summed E-state index contributed by atoms with van der Waals surface area (Å²) < 4.78 is 19.9. The minimum Gasteiger partial charge on any atom is -0.380 e. The highest BCUT2D eigenvalue weighted by Crippen LogP contribution is 2.20. The summed E-state index contributed by atoms with van der Waals surface area (Å²) in [6, 6.07) is 13.0. The van der Waals surface area contributed by atoms with Gasteiger partial charge in [-0.25, -0.2) is 14.8 Å². The number of amides is 1. The Hall–Kier alpha value is -2.86. The fourth-order valence-corrected chi connectivity index (χ4v) is 3.04. The van der Waals surface area contributed by atoms with Gasteiger partial charge in [0.1, 0.15) is 17.8 Å². The van der Waals surface area contributed by atoms with Crippen LogP contribution in [0.1, 0.15) is 25.5 Å². The average Bonchev–Trinajstić information content (AvgIpc) is 2.77. The molecule has 0 aliphatic rings. The van der Waals surface area contributed by atoms with Gasteiger partial charge in [0.2, 0.25) is 0 Å². The van der Waals surface area contributed by atoms with Crippen molar-refractivity contribution in [3.8, 4) is 6.07 Å². The average molecular weight is 413 g/mol. The van der Waals surface area contributed by atoms with Gasteiger partial charge in [0.15, 0.2) is 0 Å². The van der Waals surface area contributed by atoms with Crippen LogP contribution in [0.15, 0.2) is 48.7 Å². The lowest BCUT2D eigenvalue weighted by Gasteiger charge is -2.33. The fraction of sp³-hybridized carbons (Fsp3) is 0.409. The number of benzene rings is 1. The van der Waals surface area contributed by atoms with Crippen molar-refractivity contribution in [2.24, 2.45) is 0 Å². The number of hydrazine groups is 1. The smallest absolute Gasteiger partial charge is 0.261 e. The molecule has 0 saturated carbocycles. The van der Waals surface area contributed by atoms with Crippen molar-refractivity contribution in [2.45, 2.75) is 25.8 Å². The maximum Gasteiger partial charge on any atom is 0.261 e. The second-order valence-corrected chi connectivity index (χ2v) is 6.69. The minimum absolute atomic E-state index is 0.114. The standard InChI is InChI=1S/C22H28FN5O2/c1-4-26-28(20-12-7-6-10-18(20)23)22(29)21(16-30-5-2)27(3)15-17(14-24)19-11-8-9-13-25-19/h6-13,17,21,26H,4-5,15-16H2,1-3H3. The lowest BCUT2D eigenvalue weighted by Crippen LogP contribution is -2.55. The van der Waals surface area contributed by atoms with Gasteiger partial charge in [-0.3, -0.25) is 14.7 Å². The molecule has 7 nitrogen and oxygen atoms in total. The predicted molar refractivity (Wildman–Crippen MR) is 113 cm³/mol. The van der Waals surface area contributed by atoms with E-state index in [0.717, 1.165) is 0 Å². The highest BCUT2D eigenvalue weighted by atomic mass is 19.1. The van der Waals surface area contributed by atoms with Crippen LogP contribution in [0, 0.1) is 17.1 Å². The molecule has 8 heteroatoms. The molecule has 2 atom stereocenters. The van der Waals surface area contributed by atoms with Gasteiger partial charge in [0.05, 0.1) is 24.1 Å². The third-order valence-electron chi connectivity index (χ3n) is 4.60. The van der Waals surface area contributed by atoms with Crippen LogP contribution in [0.5, 0.6) is 0 Å². The van der Waals surface area contributed by atoms with Crippen molar-refractivity contribution in [3.63, 3.8) is 0 Å². The first-order chi connectivity index (χ1) is 14.5. The number of para-hydroxylation sites is 1. The number of halogens is 1. The second kappa shape index (κ2) is 12.0. The number of anilines is 1. The molecule has 0 radical (unpaired) electrons. The van der Waals surface area contributed by atoms with Crippen LogP contribution < -0.4 is 10.4 Å². The molecule has 0 saturated heterocycles. The predicted octanol–water partition coefficient (Wildman–Crippen LogP) is 2.72. The Kier molecular flexibility index (Phi) is 9.35. The molecule has 0 fully saturated rings. The summed E-state index contributed by atoms with van der Waals surface area (Å²) in [6.45, 7) is 4.92. The SMILES string of the molecule is CCNN(C(=O)C(COCC)N(C)CC(C#N)c1ccccn1)c1ccccc1F. The molecule has 160 valence electrons. The van der Waals surface area contributed by atoms with E-state index in [9.17, 15) is 14.4 Å². The van der Waals surface area contributed by atoms with Gasteiger partial charge in [0.25, 0.3) is 5.91 Å². The molecule has 1 aromatic heterocycles. The molecule has 1 heterocycles. The van der Waals surface area contributed by atoms with Gasteiger partial charge in [-0.15, -0.1) is 0 Å². The molecule has 0 bridgehead atoms. The fourth-order valence-electron chi connectivity index (χ4n) is 3.04. The van der Waals surface area contributed by atoms with Crippen LogP contribution >= 0.6 is 0 Å². The molecule has 1 amide bonds. The quantitative estimate of drug-likeness (QED) is 0.571. The Balaban J connectivity index is 2.28. The first-order valence-electron chi connectivity index (χ1n) is 9.93. The lowest BCUT2D eigenvalue weighted by atomic mass is 10.0. The third-order valence-corrected chi connectivity index (χ3v) is 4.60. The number of carbonyl (C=O) groups excluding carboxylic acids is 1. The topological polar surface area (TPSA) is 81.5 Å². The molecule has 0 spiro atoms. The molecule has 30 heavy (non-hydrogen) atoms. The number of pyridine rings is 1. The van der Waals surface area contributed by atoms with Gasteiger partial charge in [-0.05, 0) is 38.2 Å². The van der Waals surface area contributed by atoms with E-state index in [2.05, 4.69) is 16.5 Å². The number of likely N-dealkylation sites (N-methyl/N-ethyl adjacent to an activating group) is 1. The molecule has 2 aromatic rings. The van der Waals surface area contributed by atoms with Gasteiger partial charge >= 0.3 is 0 Å². The monoisotopic (exact) mass is 413 g/mol. The molecule has 1 aromatic carbocycles. The third kappa shape index (κ3) is 6.07. The molecule has 0 aliphatic heterocycles. The van der Waals surface area contributed by atoms with Crippen LogP contribution in [0.3, 0.4) is 0 Å². The van der Waals surface area contributed by atoms with E-state index >= 15 is 0 Å². The highest BCUT2D eigenvalue weighted by Gasteiger charge is 2.32. The van der Waals surface area contributed by atoms with E-state index in [4.69, 9.17) is 4.74 Å². The van der Waals surface area contributed by atoms with Gasteiger partial charge in [0, 0.05) is 25.9 Å². The zero-order chi connectivity index (χ0) is 21.9. The van der Waals surface area contributed by atoms with Crippen molar-refractivity contribution < 1.29 is 13.9 Å². The van der Waals surface area contributed by atoms with Gasteiger partial charge in [-0.1, -0.05) is 25.1 Å². The number of ether oxygens (including phenoxy) is 1. The van der Waals surface area contributed by atoms with Crippen LogP contribution in [0.4, 0.5) is 10.1 Å². The van der Waals surface area contributed by atoms with Gasteiger partial charge in [-0.2, -0.15) is 5.26 Å². The van der Waals surface area contributed by atoms with E-state index in [1.807, 2.05) is 19.9 Å². The molecule has 2 rings (SSSR count). The summed E-state index contributed by atoms with van der Waals surface area (Å²) >= 11 is 0. The molecule has 2 unspecified atom stereocenters. The zero-order valence-electron chi connectivity index (χ0n) is 17.6. The molecule has 0 aliphatic carbocycles. The van der Waals surface area contributed by atoms with Crippen molar-refractivity contribution in [2.75, 3.05) is 38.4 Å². The van der Waals surface area contributed by atoms with E-state index in [1.165, 1.54) is 11.1 Å². The number of aromatic nitrogens is 1. The number of nitrogens with zero attached hydrogens (tertiary/aromatic N) is 4. The first-order valence-corrected chi connectivity index (χ1v) is 9.93. The summed E-state index contributed by atoms with van der Waals surface area (Å²) in [6.07, 6.45) is 1.63. The summed E-state index contributed by atoms with van der Waals surface area (Å²) in [5.74, 6) is -1.39. The number of carbonyl (C=O) groups is 1. The zero-order valence-corrected chi connectivity index (χ0v) is 17.6. The number of nitrogens with one attached hydrogen (secondary N) is 1. The van der Waals surface area contributed by atoms with Crippen LogP contribution in [-0.4, -0.2) is 55.2 Å². The number of hydrogen-bond donors (Lipinski definition) is 1. The largest absolute Gasteiger partial charge is 0.380 e. The lowest BCUT2D eigenvalue weighted by molar-refractivity contribution is -0.126. The molecule has 1 N–H and O–H groups in total. The Morgan fingerprint density at radius 3 is 2.60 bits per heavy atom. The van der Waals surface area contributed by atoms with Crippen LogP contribution in [-0.2, 0) is 9.53 Å². The number of nitriles is 1. The Labute approximate surface area is 177 Å². The van der Waals surface area contributed by atoms with E-state index in [0.29, 0.717) is 18.8 Å². The maximum atomic E-state index is 14.4. The highest BCUT2D eigenvalue weighted by molar-refractivity contribution is 5.96. The Morgan fingerprint density at radius 2 is 2.00 bits per heavy atom. The normalized spacial score (nSPS) is 12.9. The van der Waals surface area contributed by atoms with Crippen molar-refractivity contribution in [1.82, 2.24) is 15.3 Å².